The van der Waals surface area contributed by atoms with Crippen LogP contribution in [0, 0.1) is 0 Å². The Labute approximate surface area is 160 Å². The molecule has 1 aromatic heterocycles. The number of hydrazine groups is 1. The summed E-state index contributed by atoms with van der Waals surface area (Å²) < 4.78 is 7.63. The van der Waals surface area contributed by atoms with Gasteiger partial charge in [-0.05, 0) is 36.6 Å². The molecule has 2 N–H and O–H groups in total. The molecule has 4 rings (SSSR count). The Kier molecular flexibility index (Phi) is 5.31. The molecule has 144 valence electrons. The molecule has 0 radical (unpaired) electrons. The molecule has 0 bridgehead atoms. The summed E-state index contributed by atoms with van der Waals surface area (Å²) in [5.41, 5.74) is 7.99. The van der Waals surface area contributed by atoms with Crippen LogP contribution in [0.3, 0.4) is 0 Å². The Morgan fingerprint density at radius 2 is 1.96 bits per heavy atom. The van der Waals surface area contributed by atoms with Crippen LogP contribution in [0.15, 0.2) is 47.4 Å². The summed E-state index contributed by atoms with van der Waals surface area (Å²) in [6.45, 7) is 7.11. The molecule has 7 heteroatoms. The molecular weight excluding hydrogens is 340 g/mol. The smallest absolute Gasteiger partial charge is 0.135 e. The second kappa shape index (κ2) is 8.02. The van der Waals surface area contributed by atoms with E-state index < -0.39 is 0 Å². The van der Waals surface area contributed by atoms with Crippen LogP contribution in [0.2, 0.25) is 0 Å². The van der Waals surface area contributed by atoms with Gasteiger partial charge < -0.3 is 19.9 Å². The summed E-state index contributed by atoms with van der Waals surface area (Å²) in [5, 5.41) is 5.77. The lowest BCUT2D eigenvalue weighted by Crippen LogP contribution is -2.54. The first-order valence-electron chi connectivity index (χ1n) is 9.57. The van der Waals surface area contributed by atoms with Crippen molar-refractivity contribution in [3.8, 4) is 0 Å². The van der Waals surface area contributed by atoms with Crippen molar-refractivity contribution in [2.45, 2.75) is 13.0 Å². The third-order valence-corrected chi connectivity index (χ3v) is 5.38. The fourth-order valence-corrected chi connectivity index (χ4v) is 3.80. The quantitative estimate of drug-likeness (QED) is 0.790. The molecular formula is C20H28N6O. The summed E-state index contributed by atoms with van der Waals surface area (Å²) in [5.74, 6) is 0.902. The lowest BCUT2D eigenvalue weighted by molar-refractivity contribution is -0.00287. The first-order chi connectivity index (χ1) is 13.2. The van der Waals surface area contributed by atoms with Crippen LogP contribution in [0.25, 0.3) is 10.9 Å². The molecule has 27 heavy (non-hydrogen) atoms. The lowest BCUT2D eigenvalue weighted by atomic mass is 10.2. The number of anilines is 1. The number of aryl methyl sites for hydroxylation is 1. The van der Waals surface area contributed by atoms with Crippen molar-refractivity contribution in [3.63, 3.8) is 0 Å². The summed E-state index contributed by atoms with van der Waals surface area (Å²) in [6.07, 6.45) is 6.98. The number of aromatic nitrogens is 1. The van der Waals surface area contributed by atoms with Gasteiger partial charge in [-0.25, -0.2) is 10.0 Å². The van der Waals surface area contributed by atoms with Crippen molar-refractivity contribution in [1.29, 1.82) is 0 Å². The van der Waals surface area contributed by atoms with E-state index in [4.69, 9.17) is 10.5 Å². The molecule has 0 atom stereocenters. The van der Waals surface area contributed by atoms with Crippen molar-refractivity contribution >= 4 is 22.9 Å². The highest BCUT2D eigenvalue weighted by atomic mass is 16.5. The van der Waals surface area contributed by atoms with Gasteiger partial charge in [-0.2, -0.15) is 0 Å². The number of nitrogen functional groups attached to an aromatic ring is 1. The fraction of sp³-hybridized carbons (Fsp3) is 0.450. The standard InChI is InChI=1S/C20H28N6O/c1-27-19-14-22-16-26(15-19)25-11-9-23(10-12-25)6-2-7-24-8-5-17-3-4-18(21)13-20(17)24/h3-5,8,13-14,16H,2,6-7,9-12,15,21H2,1H3. The van der Waals surface area contributed by atoms with Gasteiger partial charge in [-0.3, -0.25) is 5.01 Å². The van der Waals surface area contributed by atoms with Gasteiger partial charge in [0.25, 0.3) is 0 Å². The van der Waals surface area contributed by atoms with E-state index in [0.717, 1.165) is 63.7 Å². The van der Waals surface area contributed by atoms with Gasteiger partial charge in [-0.1, -0.05) is 6.07 Å². The number of nitrogens with zero attached hydrogens (tertiary/aromatic N) is 5. The van der Waals surface area contributed by atoms with E-state index in [9.17, 15) is 0 Å². The van der Waals surface area contributed by atoms with Gasteiger partial charge >= 0.3 is 0 Å². The van der Waals surface area contributed by atoms with Gasteiger partial charge in [0, 0.05) is 44.6 Å². The summed E-state index contributed by atoms with van der Waals surface area (Å²) in [7, 11) is 1.70. The first kappa shape index (κ1) is 17.9. The SMILES string of the molecule is COC1=CN=CN(N2CCN(CCCn3ccc4ccc(N)cc43)CC2)C1. The third-order valence-electron chi connectivity index (χ3n) is 5.38. The zero-order valence-electron chi connectivity index (χ0n) is 15.9. The third kappa shape index (κ3) is 4.09. The number of rotatable bonds is 6. The van der Waals surface area contributed by atoms with Gasteiger partial charge in [-0.15, -0.1) is 0 Å². The van der Waals surface area contributed by atoms with E-state index in [0.29, 0.717) is 0 Å². The number of fused-ring (bicyclic) bond motifs is 1. The minimum absolute atomic E-state index is 0.768. The Hall–Kier alpha value is -2.51. The van der Waals surface area contributed by atoms with Crippen LogP contribution in [-0.2, 0) is 11.3 Å². The molecule has 1 fully saturated rings. The molecule has 2 aliphatic rings. The van der Waals surface area contributed by atoms with Gasteiger partial charge in [0.15, 0.2) is 0 Å². The van der Waals surface area contributed by atoms with Gasteiger partial charge in [0.1, 0.15) is 12.1 Å². The number of nitrogens with two attached hydrogens (primary N) is 1. The topological polar surface area (TPSA) is 62.3 Å². The number of ether oxygens (including phenoxy) is 1. The molecule has 3 heterocycles. The van der Waals surface area contributed by atoms with E-state index in [2.05, 4.69) is 48.9 Å². The number of benzene rings is 1. The Morgan fingerprint density at radius 1 is 1.11 bits per heavy atom. The van der Waals surface area contributed by atoms with E-state index in [1.165, 1.54) is 10.9 Å². The van der Waals surface area contributed by atoms with Crippen LogP contribution < -0.4 is 5.73 Å². The molecule has 2 aromatic rings. The second-order valence-electron chi connectivity index (χ2n) is 7.14. The van der Waals surface area contributed by atoms with E-state index >= 15 is 0 Å². The maximum atomic E-state index is 5.94. The number of hydrogen-bond acceptors (Lipinski definition) is 6. The number of hydrogen-bond donors (Lipinski definition) is 1. The second-order valence-corrected chi connectivity index (χ2v) is 7.14. The molecule has 0 aliphatic carbocycles. The van der Waals surface area contributed by atoms with Crippen LogP contribution in [0.4, 0.5) is 5.69 Å². The molecule has 2 aliphatic heterocycles. The molecule has 1 saturated heterocycles. The maximum Gasteiger partial charge on any atom is 0.135 e. The van der Waals surface area contributed by atoms with Crippen LogP contribution in [0.1, 0.15) is 6.42 Å². The molecule has 0 unspecified atom stereocenters. The van der Waals surface area contributed by atoms with E-state index in [1.54, 1.807) is 13.3 Å². The molecule has 0 amide bonds. The van der Waals surface area contributed by atoms with Crippen molar-refractivity contribution in [2.24, 2.45) is 4.99 Å². The number of aliphatic imine (C=N–C) groups is 1. The molecule has 0 spiro atoms. The minimum Gasteiger partial charge on any atom is -0.498 e. The zero-order chi connectivity index (χ0) is 18.6. The van der Waals surface area contributed by atoms with Crippen molar-refractivity contribution in [1.82, 2.24) is 19.5 Å². The van der Waals surface area contributed by atoms with Crippen LogP contribution >= 0.6 is 0 Å². The van der Waals surface area contributed by atoms with Crippen LogP contribution in [0.5, 0.6) is 0 Å². The summed E-state index contributed by atoms with van der Waals surface area (Å²) in [6, 6.07) is 8.28. The van der Waals surface area contributed by atoms with Crippen LogP contribution in [-0.4, -0.2) is 72.2 Å². The van der Waals surface area contributed by atoms with Gasteiger partial charge in [0.05, 0.1) is 25.4 Å². The number of methoxy groups -OCH3 is 1. The van der Waals surface area contributed by atoms with Gasteiger partial charge in [0.2, 0.25) is 0 Å². The minimum atomic E-state index is 0.768. The Bertz CT molecular complexity index is 834. The predicted molar refractivity (Wildman–Crippen MR) is 109 cm³/mol. The van der Waals surface area contributed by atoms with Crippen molar-refractivity contribution in [3.05, 3.63) is 42.4 Å². The van der Waals surface area contributed by atoms with Crippen molar-refractivity contribution < 1.29 is 4.74 Å². The van der Waals surface area contributed by atoms with E-state index in [1.807, 2.05) is 12.4 Å². The first-order valence-corrected chi connectivity index (χ1v) is 9.57. The Morgan fingerprint density at radius 3 is 2.78 bits per heavy atom. The average molecular weight is 368 g/mol. The highest BCUT2D eigenvalue weighted by Gasteiger charge is 2.22. The summed E-state index contributed by atoms with van der Waals surface area (Å²) in [4.78, 5) is 6.81. The summed E-state index contributed by atoms with van der Waals surface area (Å²) >= 11 is 0. The highest BCUT2D eigenvalue weighted by molar-refractivity contribution is 5.83. The normalized spacial score (nSPS) is 18.9. The fourth-order valence-electron chi connectivity index (χ4n) is 3.80. The highest BCUT2D eigenvalue weighted by Crippen LogP contribution is 2.19. The van der Waals surface area contributed by atoms with E-state index in [-0.39, 0.29) is 0 Å². The maximum absolute atomic E-state index is 5.94. The largest absolute Gasteiger partial charge is 0.498 e. The lowest BCUT2D eigenvalue weighted by Gasteiger charge is -2.40. The predicted octanol–water partition coefficient (Wildman–Crippen LogP) is 1.98. The molecule has 0 saturated carbocycles. The Balaban J connectivity index is 1.23. The molecule has 1 aromatic carbocycles. The van der Waals surface area contributed by atoms with Crippen molar-refractivity contribution in [2.75, 3.05) is 52.1 Å². The average Bonchev–Trinajstić information content (AvgIpc) is 3.11. The number of piperazine rings is 1. The molecule has 7 nitrogen and oxygen atoms in total. The monoisotopic (exact) mass is 368 g/mol. The zero-order valence-corrected chi connectivity index (χ0v) is 15.9.